The smallest absolute Gasteiger partial charge is 0.338 e. The molecule has 0 amide bonds. The van der Waals surface area contributed by atoms with Crippen LogP contribution in [0, 0.1) is 0 Å². The van der Waals surface area contributed by atoms with E-state index in [1.165, 1.54) is 0 Å². The molecule has 76 valence electrons. The Labute approximate surface area is 108 Å². The lowest BCUT2D eigenvalue weighted by Crippen LogP contribution is -2.00. The zero-order chi connectivity index (χ0) is 11.0. The molecule has 0 atom stereocenters. The van der Waals surface area contributed by atoms with Crippen molar-refractivity contribution >= 4 is 68.3 Å². The lowest BCUT2D eigenvalue weighted by molar-refractivity contribution is 0.0697. The first-order valence-corrected chi connectivity index (χ1v) is 5.43. The van der Waals surface area contributed by atoms with Gasteiger partial charge in [0.1, 0.15) is 0 Å². The van der Waals surface area contributed by atoms with E-state index in [2.05, 4.69) is 15.9 Å². The Hall–Kier alpha value is 0.330. The third kappa shape index (κ3) is 1.97. The SMILES string of the molecule is O=C(O)c1c(Cl)c(Cl)c(Cl)c(Br)c1Cl. The fourth-order valence-electron chi connectivity index (χ4n) is 0.793. The maximum atomic E-state index is 10.8. The Kier molecular flexibility index (Phi) is 3.95. The van der Waals surface area contributed by atoms with Gasteiger partial charge in [0, 0.05) is 0 Å². The normalized spacial score (nSPS) is 10.4. The number of rotatable bonds is 1. The maximum absolute atomic E-state index is 10.8. The van der Waals surface area contributed by atoms with Crippen LogP contribution in [0.2, 0.25) is 20.1 Å². The van der Waals surface area contributed by atoms with Gasteiger partial charge in [0.25, 0.3) is 0 Å². The third-order valence-corrected chi connectivity index (χ3v) is 4.38. The highest BCUT2D eigenvalue weighted by molar-refractivity contribution is 9.10. The minimum atomic E-state index is -1.26. The van der Waals surface area contributed by atoms with E-state index in [-0.39, 0.29) is 30.1 Å². The number of benzene rings is 1. The summed E-state index contributed by atoms with van der Waals surface area (Å²) in [4.78, 5) is 10.8. The minimum Gasteiger partial charge on any atom is -0.478 e. The van der Waals surface area contributed by atoms with E-state index in [0.717, 1.165) is 0 Å². The summed E-state index contributed by atoms with van der Waals surface area (Å²) in [5.41, 5.74) is -0.269. The van der Waals surface area contributed by atoms with Crippen molar-refractivity contribution in [3.05, 3.63) is 30.1 Å². The van der Waals surface area contributed by atoms with Crippen LogP contribution in [0.3, 0.4) is 0 Å². The van der Waals surface area contributed by atoms with Gasteiger partial charge in [-0.15, -0.1) is 0 Å². The summed E-state index contributed by atoms with van der Waals surface area (Å²) in [5, 5.41) is 8.60. The Balaban J connectivity index is 3.68. The number of aromatic carboxylic acids is 1. The van der Waals surface area contributed by atoms with E-state index < -0.39 is 5.97 Å². The summed E-state index contributed by atoms with van der Waals surface area (Å²) >= 11 is 25.8. The number of hydrogen-bond donors (Lipinski definition) is 1. The van der Waals surface area contributed by atoms with Crippen molar-refractivity contribution < 1.29 is 9.90 Å². The van der Waals surface area contributed by atoms with E-state index in [4.69, 9.17) is 51.5 Å². The summed E-state index contributed by atoms with van der Waals surface area (Å²) in [6.45, 7) is 0. The van der Waals surface area contributed by atoms with Gasteiger partial charge in [-0.25, -0.2) is 4.79 Å². The second kappa shape index (κ2) is 4.45. The Morgan fingerprint density at radius 1 is 1.00 bits per heavy atom. The molecule has 0 aliphatic heterocycles. The van der Waals surface area contributed by atoms with Crippen LogP contribution in [0.4, 0.5) is 0 Å². The predicted molar refractivity (Wildman–Crippen MR) is 61.1 cm³/mol. The predicted octanol–water partition coefficient (Wildman–Crippen LogP) is 4.76. The molecule has 0 bridgehead atoms. The second-order valence-corrected chi connectivity index (χ2v) is 4.55. The lowest BCUT2D eigenvalue weighted by atomic mass is 10.2. The molecule has 0 radical (unpaired) electrons. The summed E-state index contributed by atoms with van der Waals surface area (Å²) in [6.07, 6.45) is 0. The van der Waals surface area contributed by atoms with Crippen molar-refractivity contribution in [2.24, 2.45) is 0 Å². The largest absolute Gasteiger partial charge is 0.478 e. The standard InChI is InChI=1S/C7HBrCl4O2/c8-2-3(9)1(7(13)14)4(10)6(12)5(2)11/h(H,13,14). The molecule has 0 aliphatic carbocycles. The van der Waals surface area contributed by atoms with Gasteiger partial charge in [0.2, 0.25) is 0 Å². The monoisotopic (exact) mass is 336 g/mol. The van der Waals surface area contributed by atoms with Crippen molar-refractivity contribution in [2.45, 2.75) is 0 Å². The molecule has 0 fully saturated rings. The van der Waals surface area contributed by atoms with Crippen LogP contribution in [0.25, 0.3) is 0 Å². The highest BCUT2D eigenvalue weighted by atomic mass is 79.9. The van der Waals surface area contributed by atoms with Crippen LogP contribution in [-0.2, 0) is 0 Å². The van der Waals surface area contributed by atoms with E-state index in [9.17, 15) is 4.79 Å². The van der Waals surface area contributed by atoms with Crippen molar-refractivity contribution in [1.82, 2.24) is 0 Å². The average molecular weight is 339 g/mol. The first kappa shape index (κ1) is 12.4. The van der Waals surface area contributed by atoms with E-state index in [0.29, 0.717) is 0 Å². The van der Waals surface area contributed by atoms with E-state index in [1.807, 2.05) is 0 Å². The molecule has 0 spiro atoms. The van der Waals surface area contributed by atoms with Crippen molar-refractivity contribution in [3.8, 4) is 0 Å². The number of carbonyl (C=O) groups is 1. The van der Waals surface area contributed by atoms with Gasteiger partial charge in [-0.1, -0.05) is 46.4 Å². The van der Waals surface area contributed by atoms with Gasteiger partial charge in [0.05, 0.1) is 30.1 Å². The molecule has 0 saturated carbocycles. The Bertz CT molecular complexity index is 390. The lowest BCUT2D eigenvalue weighted by Gasteiger charge is -2.08. The average Bonchev–Trinajstić information content (AvgIpc) is 2.11. The molecule has 1 aromatic carbocycles. The molecule has 1 rings (SSSR count). The fourth-order valence-corrected chi connectivity index (χ4v) is 2.37. The molecule has 0 saturated heterocycles. The molecule has 0 aromatic heterocycles. The van der Waals surface area contributed by atoms with Gasteiger partial charge in [-0.3, -0.25) is 0 Å². The zero-order valence-electron chi connectivity index (χ0n) is 6.25. The number of carboxylic acids is 1. The van der Waals surface area contributed by atoms with Crippen LogP contribution >= 0.6 is 62.3 Å². The first-order chi connectivity index (χ1) is 6.37. The van der Waals surface area contributed by atoms with Gasteiger partial charge in [-0.05, 0) is 15.9 Å². The molecule has 0 unspecified atom stereocenters. The van der Waals surface area contributed by atoms with Crippen molar-refractivity contribution in [2.75, 3.05) is 0 Å². The molecule has 2 nitrogen and oxygen atoms in total. The topological polar surface area (TPSA) is 37.3 Å². The molecule has 1 N–H and O–H groups in total. The molecular formula is C7HBrCl4O2. The first-order valence-electron chi connectivity index (χ1n) is 3.12. The van der Waals surface area contributed by atoms with Gasteiger partial charge >= 0.3 is 5.97 Å². The van der Waals surface area contributed by atoms with Crippen LogP contribution < -0.4 is 0 Å². The van der Waals surface area contributed by atoms with Crippen LogP contribution in [0.15, 0.2) is 4.47 Å². The van der Waals surface area contributed by atoms with E-state index in [1.54, 1.807) is 0 Å². The third-order valence-electron chi connectivity index (χ3n) is 1.42. The molecule has 0 aliphatic rings. The van der Waals surface area contributed by atoms with Crippen molar-refractivity contribution in [3.63, 3.8) is 0 Å². The second-order valence-electron chi connectivity index (χ2n) is 2.25. The van der Waals surface area contributed by atoms with Crippen LogP contribution in [0.5, 0.6) is 0 Å². The Morgan fingerprint density at radius 2 is 1.50 bits per heavy atom. The zero-order valence-corrected chi connectivity index (χ0v) is 10.9. The summed E-state index contributed by atoms with van der Waals surface area (Å²) < 4.78 is 0.215. The molecule has 1 aromatic rings. The van der Waals surface area contributed by atoms with E-state index >= 15 is 0 Å². The summed E-state index contributed by atoms with van der Waals surface area (Å²) in [7, 11) is 0. The van der Waals surface area contributed by atoms with Gasteiger partial charge in [0.15, 0.2) is 0 Å². The highest BCUT2D eigenvalue weighted by Gasteiger charge is 2.22. The molecule has 14 heavy (non-hydrogen) atoms. The van der Waals surface area contributed by atoms with Crippen LogP contribution in [0.1, 0.15) is 10.4 Å². The summed E-state index contributed by atoms with van der Waals surface area (Å²) in [5.74, 6) is -1.26. The molecule has 0 heterocycles. The fraction of sp³-hybridized carbons (Fsp3) is 0. The van der Waals surface area contributed by atoms with Crippen molar-refractivity contribution in [1.29, 1.82) is 0 Å². The molecule has 7 heteroatoms. The minimum absolute atomic E-state index is 0.0398. The van der Waals surface area contributed by atoms with Gasteiger partial charge in [-0.2, -0.15) is 0 Å². The summed E-state index contributed by atoms with van der Waals surface area (Å²) in [6, 6.07) is 0. The maximum Gasteiger partial charge on any atom is 0.338 e. The van der Waals surface area contributed by atoms with Crippen LogP contribution in [-0.4, -0.2) is 11.1 Å². The number of hydrogen-bond acceptors (Lipinski definition) is 1. The Morgan fingerprint density at radius 3 is 1.93 bits per heavy atom. The quantitative estimate of drug-likeness (QED) is 0.592. The number of carboxylic acid groups (broad SMARTS) is 1. The van der Waals surface area contributed by atoms with Gasteiger partial charge < -0.3 is 5.11 Å². The molecular weight excluding hydrogens is 338 g/mol. The number of halogens is 5. The highest BCUT2D eigenvalue weighted by Crippen LogP contribution is 2.43.